The summed E-state index contributed by atoms with van der Waals surface area (Å²) >= 11 is 12.9. The lowest BCUT2D eigenvalue weighted by Gasteiger charge is -2.26. The number of ether oxygens (including phenoxy) is 1. The van der Waals surface area contributed by atoms with Gasteiger partial charge in [-0.3, -0.25) is 4.79 Å². The minimum Gasteiger partial charge on any atom is -0.504 e. The van der Waals surface area contributed by atoms with Crippen molar-refractivity contribution < 1.29 is 14.6 Å². The lowest BCUT2D eigenvalue weighted by Crippen LogP contribution is -2.25. The first-order chi connectivity index (χ1) is 13.0. The van der Waals surface area contributed by atoms with Crippen LogP contribution in [0.2, 0.25) is 10.0 Å². The molecular weight excluding hydrogens is 389 g/mol. The smallest absolute Gasteiger partial charge is 0.226 e. The summed E-state index contributed by atoms with van der Waals surface area (Å²) in [7, 11) is 1.41. The van der Waals surface area contributed by atoms with Gasteiger partial charge in [0.2, 0.25) is 5.91 Å². The second kappa shape index (κ2) is 6.94. The van der Waals surface area contributed by atoms with E-state index < -0.39 is 5.92 Å². The number of nitrogens with one attached hydrogen (secondary N) is 1. The van der Waals surface area contributed by atoms with Crippen LogP contribution in [-0.4, -0.2) is 27.9 Å². The number of hydrogen-bond acceptors (Lipinski definition) is 4. The highest BCUT2D eigenvalue weighted by atomic mass is 35.5. The van der Waals surface area contributed by atoms with E-state index in [2.05, 4.69) is 22.6 Å². The van der Waals surface area contributed by atoms with Gasteiger partial charge in [-0.05, 0) is 18.9 Å². The van der Waals surface area contributed by atoms with Crippen molar-refractivity contribution in [3.63, 3.8) is 0 Å². The highest BCUT2D eigenvalue weighted by Gasteiger charge is 2.34. The molecule has 1 aromatic heterocycles. The molecule has 6 nitrogen and oxygen atoms in total. The number of benzene rings is 1. The molecule has 0 fully saturated rings. The number of rotatable bonds is 3. The number of phenolic OH excluding ortho intramolecular Hbond substituents is 1. The molecule has 4 rings (SSSR count). The number of carbonyl (C=O) groups excluding carboxylic acids is 1. The third-order valence-electron chi connectivity index (χ3n) is 4.78. The Morgan fingerprint density at radius 2 is 2.19 bits per heavy atom. The molecule has 140 valence electrons. The molecule has 0 saturated heterocycles. The van der Waals surface area contributed by atoms with Gasteiger partial charge >= 0.3 is 0 Å². The number of carbonyl (C=O) groups is 1. The molecule has 0 spiro atoms. The Morgan fingerprint density at radius 1 is 1.37 bits per heavy atom. The first-order valence-corrected chi connectivity index (χ1v) is 9.26. The van der Waals surface area contributed by atoms with Crippen molar-refractivity contribution >= 4 is 40.6 Å². The Balaban J connectivity index is 1.87. The van der Waals surface area contributed by atoms with E-state index in [0.29, 0.717) is 11.4 Å². The normalized spacial score (nSPS) is 18.7. The molecular formula is C19H17Cl2N3O3. The minimum atomic E-state index is -0.398. The van der Waals surface area contributed by atoms with Crippen LogP contribution in [0.1, 0.15) is 36.3 Å². The predicted octanol–water partition coefficient (Wildman–Crippen LogP) is 4.57. The van der Waals surface area contributed by atoms with Crippen molar-refractivity contribution in [2.75, 3.05) is 12.4 Å². The van der Waals surface area contributed by atoms with Gasteiger partial charge in [0.1, 0.15) is 5.82 Å². The van der Waals surface area contributed by atoms with Crippen molar-refractivity contribution in [1.29, 1.82) is 0 Å². The van der Waals surface area contributed by atoms with Gasteiger partial charge in [0.05, 0.1) is 24.0 Å². The van der Waals surface area contributed by atoms with Crippen molar-refractivity contribution in [2.45, 2.75) is 25.2 Å². The summed E-state index contributed by atoms with van der Waals surface area (Å²) in [5, 5.41) is 17.8. The molecule has 1 amide bonds. The maximum atomic E-state index is 12.4. The topological polar surface area (TPSA) is 76.4 Å². The van der Waals surface area contributed by atoms with E-state index in [0.717, 1.165) is 24.1 Å². The highest BCUT2D eigenvalue weighted by Crippen LogP contribution is 2.49. The summed E-state index contributed by atoms with van der Waals surface area (Å²) in [5.74, 6) is 0.0334. The Bertz CT molecular complexity index is 995. The van der Waals surface area contributed by atoms with Crippen LogP contribution in [0.3, 0.4) is 0 Å². The number of halogens is 2. The molecule has 2 aromatic rings. The van der Waals surface area contributed by atoms with Crippen molar-refractivity contribution in [3.05, 3.63) is 51.7 Å². The van der Waals surface area contributed by atoms with Crippen LogP contribution >= 0.6 is 23.2 Å². The number of fused-ring (bicyclic) bond motifs is 1. The van der Waals surface area contributed by atoms with Crippen LogP contribution in [0.5, 0.6) is 11.5 Å². The molecule has 0 radical (unpaired) electrons. The lowest BCUT2D eigenvalue weighted by atomic mass is 9.87. The maximum absolute atomic E-state index is 12.4. The average Bonchev–Trinajstić information content (AvgIpc) is 3.06. The van der Waals surface area contributed by atoms with Gasteiger partial charge in [-0.1, -0.05) is 35.4 Å². The molecule has 1 aromatic carbocycles. The number of aromatic nitrogens is 2. The fraction of sp³-hybridized carbons (Fsp3) is 0.263. The van der Waals surface area contributed by atoms with Crippen LogP contribution in [0.25, 0.3) is 5.70 Å². The maximum Gasteiger partial charge on any atom is 0.226 e. The molecule has 2 aliphatic rings. The third-order valence-corrected chi connectivity index (χ3v) is 5.47. The lowest BCUT2D eigenvalue weighted by molar-refractivity contribution is -0.116. The van der Waals surface area contributed by atoms with E-state index in [4.69, 9.17) is 27.9 Å². The highest BCUT2D eigenvalue weighted by molar-refractivity contribution is 6.37. The fourth-order valence-corrected chi connectivity index (χ4v) is 4.33. The Kier molecular flexibility index (Phi) is 4.61. The minimum absolute atomic E-state index is 0.133. The van der Waals surface area contributed by atoms with Crippen LogP contribution in [-0.2, 0) is 4.79 Å². The first kappa shape index (κ1) is 17.9. The summed E-state index contributed by atoms with van der Waals surface area (Å²) in [4.78, 5) is 12.4. The van der Waals surface area contributed by atoms with Crippen molar-refractivity contribution in [1.82, 2.24) is 9.78 Å². The summed E-state index contributed by atoms with van der Waals surface area (Å²) < 4.78 is 6.91. The molecule has 0 saturated carbocycles. The van der Waals surface area contributed by atoms with E-state index in [1.54, 1.807) is 10.9 Å². The largest absolute Gasteiger partial charge is 0.504 e. The van der Waals surface area contributed by atoms with E-state index in [-0.39, 0.29) is 33.9 Å². The molecule has 1 aliphatic carbocycles. The second-order valence-corrected chi connectivity index (χ2v) is 7.20. The van der Waals surface area contributed by atoms with Gasteiger partial charge in [-0.25, -0.2) is 4.68 Å². The molecule has 0 bridgehead atoms. The van der Waals surface area contributed by atoms with Gasteiger partial charge in [-0.15, -0.1) is 0 Å². The van der Waals surface area contributed by atoms with Crippen LogP contribution < -0.4 is 10.1 Å². The number of phenols is 1. The standard InChI is InChI=1S/C19H17Cl2N3O3/c1-27-18-14(25)8-13(20)16(17(18)21)11-7-15(26)23-19-12(11)9-22-24(19)10-5-3-2-4-6-10/h3,5-6,8-9,11,25H,2,4,7H2,1H3,(H,23,26). The van der Waals surface area contributed by atoms with E-state index >= 15 is 0 Å². The monoisotopic (exact) mass is 405 g/mol. The summed E-state index contributed by atoms with van der Waals surface area (Å²) in [6.45, 7) is 0. The predicted molar refractivity (Wildman–Crippen MR) is 105 cm³/mol. The van der Waals surface area contributed by atoms with Crippen LogP contribution in [0, 0.1) is 0 Å². The molecule has 27 heavy (non-hydrogen) atoms. The molecule has 2 N–H and O–H groups in total. The third kappa shape index (κ3) is 2.99. The van der Waals surface area contributed by atoms with E-state index in [1.165, 1.54) is 13.2 Å². The SMILES string of the molecule is COc1c(O)cc(Cl)c(C2CC(=O)Nc3c2cnn3C2=CCCC=C2)c1Cl. The number of aromatic hydroxyl groups is 1. The van der Waals surface area contributed by atoms with Gasteiger partial charge in [0.25, 0.3) is 0 Å². The van der Waals surface area contributed by atoms with E-state index in [1.807, 2.05) is 6.08 Å². The van der Waals surface area contributed by atoms with E-state index in [9.17, 15) is 9.90 Å². The van der Waals surface area contributed by atoms with Crippen LogP contribution in [0.15, 0.2) is 30.5 Å². The number of nitrogens with zero attached hydrogens (tertiary/aromatic N) is 2. The second-order valence-electron chi connectivity index (χ2n) is 6.41. The zero-order valence-corrected chi connectivity index (χ0v) is 16.0. The number of anilines is 1. The number of amides is 1. The summed E-state index contributed by atoms with van der Waals surface area (Å²) in [6, 6.07) is 1.38. The molecule has 1 atom stereocenters. The van der Waals surface area contributed by atoms with Crippen molar-refractivity contribution in [2.24, 2.45) is 0 Å². The van der Waals surface area contributed by atoms with Gasteiger partial charge in [-0.2, -0.15) is 5.10 Å². The summed E-state index contributed by atoms with van der Waals surface area (Å²) in [5.41, 5.74) is 2.26. The Morgan fingerprint density at radius 3 is 2.89 bits per heavy atom. The summed E-state index contributed by atoms with van der Waals surface area (Å²) in [6.07, 6.45) is 9.92. The first-order valence-electron chi connectivity index (χ1n) is 8.51. The number of methoxy groups -OCH3 is 1. The Hall–Kier alpha value is -2.44. The Labute approximate surface area is 166 Å². The quantitative estimate of drug-likeness (QED) is 0.783. The van der Waals surface area contributed by atoms with Crippen LogP contribution in [0.4, 0.5) is 5.82 Å². The van der Waals surface area contributed by atoms with Crippen molar-refractivity contribution in [3.8, 4) is 11.5 Å². The van der Waals surface area contributed by atoms with Gasteiger partial charge in [0.15, 0.2) is 11.5 Å². The zero-order valence-electron chi connectivity index (χ0n) is 14.5. The molecule has 8 heteroatoms. The fourth-order valence-electron chi connectivity index (χ4n) is 3.55. The molecule has 1 unspecified atom stereocenters. The zero-order chi connectivity index (χ0) is 19.1. The number of hydrogen-bond donors (Lipinski definition) is 2. The molecule has 2 heterocycles. The molecule has 1 aliphatic heterocycles. The van der Waals surface area contributed by atoms with Gasteiger partial charge in [0, 0.05) is 34.6 Å². The average molecular weight is 406 g/mol. The van der Waals surface area contributed by atoms with Gasteiger partial charge < -0.3 is 15.2 Å². The number of allylic oxidation sites excluding steroid dienone is 4.